The molecule has 2 heterocycles. The second kappa shape index (κ2) is 13.9. The van der Waals surface area contributed by atoms with Gasteiger partial charge in [0.2, 0.25) is 0 Å². The Kier molecular flexibility index (Phi) is 8.04. The van der Waals surface area contributed by atoms with Crippen LogP contribution in [0.5, 0.6) is 0 Å². The van der Waals surface area contributed by atoms with E-state index in [-0.39, 0.29) is 0 Å². The zero-order chi connectivity index (χ0) is 39.6. The molecule has 60 heavy (non-hydrogen) atoms. The number of hydrogen-bond acceptors (Lipinski definition) is 3. The standard InChI is InChI=1S/C57H36N2S/c1-3-15-38(16-4-1)42-32-33-47(44-20-8-7-19-43(42)44)53-36-52(39-17-5-2-6-18-39)58-56(59-53)40-29-27-37(28-30-40)41-31-34-55-51(35-41)57(50-25-13-14-26-54(50)60-55)48-23-11-9-21-45(48)46-22-10-12-24-49(46)57/h1-36H. The molecule has 9 aromatic carbocycles. The van der Waals surface area contributed by atoms with Crippen molar-refractivity contribution in [2.24, 2.45) is 0 Å². The first-order valence-electron chi connectivity index (χ1n) is 20.5. The molecule has 2 nitrogen and oxygen atoms in total. The van der Waals surface area contributed by atoms with Crippen molar-refractivity contribution < 1.29 is 0 Å². The largest absolute Gasteiger partial charge is 0.228 e. The minimum absolute atomic E-state index is 0.411. The average molecular weight is 781 g/mol. The van der Waals surface area contributed by atoms with E-state index >= 15 is 0 Å². The van der Waals surface area contributed by atoms with Crippen LogP contribution in [0.3, 0.4) is 0 Å². The number of rotatable bonds is 5. The second-order valence-electron chi connectivity index (χ2n) is 15.6. The van der Waals surface area contributed by atoms with E-state index in [4.69, 9.17) is 9.97 Å². The van der Waals surface area contributed by atoms with E-state index in [0.717, 1.165) is 39.0 Å². The summed E-state index contributed by atoms with van der Waals surface area (Å²) in [5.41, 5.74) is 17.2. The highest BCUT2D eigenvalue weighted by Crippen LogP contribution is 2.62. The lowest BCUT2D eigenvalue weighted by molar-refractivity contribution is 0.723. The van der Waals surface area contributed by atoms with E-state index in [1.54, 1.807) is 0 Å². The SMILES string of the molecule is c1ccc(-c2cc(-c3ccc(-c4ccccc4)c4ccccc34)nc(-c3ccc(-c4ccc5c(c4)C4(c6ccccc6S5)c5ccccc5-c5ccccc54)cc3)n2)cc1. The molecule has 280 valence electrons. The first kappa shape index (κ1) is 34.7. The fraction of sp³-hybridized carbons (Fsp3) is 0.0175. The van der Waals surface area contributed by atoms with Crippen LogP contribution < -0.4 is 0 Å². The normalized spacial score (nSPS) is 13.1. The number of nitrogens with zero attached hydrogens (tertiary/aromatic N) is 2. The molecule has 0 radical (unpaired) electrons. The minimum Gasteiger partial charge on any atom is -0.228 e. The summed E-state index contributed by atoms with van der Waals surface area (Å²) in [5, 5.41) is 2.36. The minimum atomic E-state index is -0.411. The van der Waals surface area contributed by atoms with Gasteiger partial charge in [-0.05, 0) is 90.7 Å². The van der Waals surface area contributed by atoms with Crippen LogP contribution in [-0.4, -0.2) is 9.97 Å². The maximum atomic E-state index is 5.31. The fourth-order valence-electron chi connectivity index (χ4n) is 9.71. The summed E-state index contributed by atoms with van der Waals surface area (Å²) in [4.78, 5) is 13.1. The van der Waals surface area contributed by atoms with Crippen LogP contribution in [-0.2, 0) is 5.41 Å². The van der Waals surface area contributed by atoms with Gasteiger partial charge in [0.25, 0.3) is 0 Å². The zero-order valence-electron chi connectivity index (χ0n) is 32.6. The molecule has 3 heteroatoms. The van der Waals surface area contributed by atoms with Crippen LogP contribution >= 0.6 is 11.8 Å². The van der Waals surface area contributed by atoms with E-state index in [1.165, 1.54) is 65.2 Å². The molecule has 0 N–H and O–H groups in total. The summed E-state index contributed by atoms with van der Waals surface area (Å²) in [6.45, 7) is 0. The summed E-state index contributed by atoms with van der Waals surface area (Å²) < 4.78 is 0. The van der Waals surface area contributed by atoms with Gasteiger partial charge in [0.1, 0.15) is 0 Å². The van der Waals surface area contributed by atoms with Gasteiger partial charge in [-0.15, -0.1) is 0 Å². The van der Waals surface area contributed by atoms with Crippen LogP contribution in [0.25, 0.3) is 78.1 Å². The Morgan fingerprint density at radius 3 is 1.53 bits per heavy atom. The van der Waals surface area contributed by atoms with E-state index < -0.39 is 5.41 Å². The molecule has 0 unspecified atom stereocenters. The maximum Gasteiger partial charge on any atom is 0.160 e. The van der Waals surface area contributed by atoms with Crippen molar-refractivity contribution >= 4 is 22.5 Å². The molecule has 0 saturated heterocycles. The molecular weight excluding hydrogens is 745 g/mol. The predicted octanol–water partition coefficient (Wildman–Crippen LogP) is 14.8. The van der Waals surface area contributed by atoms with Gasteiger partial charge < -0.3 is 0 Å². The van der Waals surface area contributed by atoms with E-state index in [0.29, 0.717) is 5.82 Å². The Bertz CT molecular complexity index is 3240. The highest BCUT2D eigenvalue weighted by atomic mass is 32.2. The molecule has 0 amide bonds. The Hall–Kier alpha value is -7.33. The molecule has 0 saturated carbocycles. The quantitative estimate of drug-likeness (QED) is 0.174. The van der Waals surface area contributed by atoms with Crippen LogP contribution in [0.1, 0.15) is 22.3 Å². The molecular formula is C57H36N2S. The Morgan fingerprint density at radius 1 is 0.300 bits per heavy atom. The number of fused-ring (bicyclic) bond motifs is 10. The van der Waals surface area contributed by atoms with Crippen molar-refractivity contribution in [2.45, 2.75) is 15.2 Å². The number of benzene rings is 9. The zero-order valence-corrected chi connectivity index (χ0v) is 33.4. The average Bonchev–Trinajstić information content (AvgIpc) is 3.62. The van der Waals surface area contributed by atoms with Gasteiger partial charge in [0.05, 0.1) is 16.8 Å². The molecule has 0 fully saturated rings. The van der Waals surface area contributed by atoms with E-state index in [9.17, 15) is 0 Å². The molecule has 12 rings (SSSR count). The summed E-state index contributed by atoms with van der Waals surface area (Å²) in [6.07, 6.45) is 0. The lowest BCUT2D eigenvalue weighted by Crippen LogP contribution is -2.32. The molecule has 10 aromatic rings. The summed E-state index contributed by atoms with van der Waals surface area (Å²) in [6, 6.07) is 79.1. The highest BCUT2D eigenvalue weighted by molar-refractivity contribution is 7.99. The smallest absolute Gasteiger partial charge is 0.160 e. The first-order valence-corrected chi connectivity index (χ1v) is 21.3. The van der Waals surface area contributed by atoms with Crippen molar-refractivity contribution in [2.75, 3.05) is 0 Å². The van der Waals surface area contributed by atoms with Crippen molar-refractivity contribution in [3.05, 3.63) is 241 Å². The third-order valence-corrected chi connectivity index (χ3v) is 13.6. The van der Waals surface area contributed by atoms with Crippen molar-refractivity contribution in [3.63, 3.8) is 0 Å². The van der Waals surface area contributed by atoms with Gasteiger partial charge in [0.15, 0.2) is 5.82 Å². The first-order chi connectivity index (χ1) is 29.7. The lowest BCUT2D eigenvalue weighted by atomic mass is 9.67. The van der Waals surface area contributed by atoms with Crippen molar-refractivity contribution in [1.82, 2.24) is 9.97 Å². The lowest BCUT2D eigenvalue weighted by Gasteiger charge is -2.40. The Morgan fingerprint density at radius 2 is 0.817 bits per heavy atom. The predicted molar refractivity (Wildman–Crippen MR) is 248 cm³/mol. The van der Waals surface area contributed by atoms with Gasteiger partial charge in [0, 0.05) is 26.5 Å². The van der Waals surface area contributed by atoms with E-state index in [2.05, 4.69) is 212 Å². The molecule has 1 aliphatic carbocycles. The molecule has 1 spiro atoms. The molecule has 2 aliphatic rings. The summed E-state index contributed by atoms with van der Waals surface area (Å²) in [5.74, 6) is 0.700. The molecule has 1 aromatic heterocycles. The van der Waals surface area contributed by atoms with Crippen LogP contribution in [0.2, 0.25) is 0 Å². The molecule has 0 atom stereocenters. The van der Waals surface area contributed by atoms with Crippen LogP contribution in [0.15, 0.2) is 228 Å². The van der Waals surface area contributed by atoms with Gasteiger partial charge in [-0.25, -0.2) is 9.97 Å². The second-order valence-corrected chi connectivity index (χ2v) is 16.7. The topological polar surface area (TPSA) is 25.8 Å². The van der Waals surface area contributed by atoms with Gasteiger partial charge >= 0.3 is 0 Å². The Labute approximate surface area is 353 Å². The van der Waals surface area contributed by atoms with Gasteiger partial charge in [-0.3, -0.25) is 0 Å². The third kappa shape index (κ3) is 5.36. The maximum absolute atomic E-state index is 5.31. The number of aromatic nitrogens is 2. The van der Waals surface area contributed by atoms with E-state index in [1.807, 2.05) is 17.8 Å². The van der Waals surface area contributed by atoms with Crippen molar-refractivity contribution in [1.29, 1.82) is 0 Å². The highest BCUT2D eigenvalue weighted by Gasteiger charge is 2.50. The summed E-state index contributed by atoms with van der Waals surface area (Å²) >= 11 is 1.88. The number of hydrogen-bond donors (Lipinski definition) is 0. The monoisotopic (exact) mass is 780 g/mol. The van der Waals surface area contributed by atoms with Crippen LogP contribution in [0.4, 0.5) is 0 Å². The fourth-order valence-corrected chi connectivity index (χ4v) is 10.9. The van der Waals surface area contributed by atoms with Crippen LogP contribution in [0, 0.1) is 0 Å². The van der Waals surface area contributed by atoms with Gasteiger partial charge in [-0.2, -0.15) is 0 Å². The van der Waals surface area contributed by atoms with Crippen molar-refractivity contribution in [3.8, 4) is 67.3 Å². The Balaban J connectivity index is 0.982. The molecule has 0 bridgehead atoms. The summed E-state index contributed by atoms with van der Waals surface area (Å²) in [7, 11) is 0. The molecule has 1 aliphatic heterocycles. The third-order valence-electron chi connectivity index (χ3n) is 12.4. The van der Waals surface area contributed by atoms with Gasteiger partial charge in [-0.1, -0.05) is 206 Å².